The van der Waals surface area contributed by atoms with Crippen LogP contribution < -0.4 is 0 Å². The molecule has 0 aliphatic carbocycles. The second-order valence-electron chi connectivity index (χ2n) is 3.04. The molecule has 2 nitrogen and oxygen atoms in total. The lowest BCUT2D eigenvalue weighted by Crippen LogP contribution is -1.88. The molecule has 1 heterocycles. The minimum atomic E-state index is -0.245. The highest BCUT2D eigenvalue weighted by Crippen LogP contribution is 2.26. The number of rotatable bonds is 0. The van der Waals surface area contributed by atoms with Crippen molar-refractivity contribution in [2.24, 2.45) is 7.05 Å². The molecule has 0 unspecified atom stereocenters. The zero-order valence-electron chi connectivity index (χ0n) is 7.31. The van der Waals surface area contributed by atoms with Crippen LogP contribution >= 0.6 is 15.9 Å². The molecular formula is C9H8BrFN2. The van der Waals surface area contributed by atoms with Crippen molar-refractivity contribution in [1.82, 2.24) is 9.78 Å². The van der Waals surface area contributed by atoms with Crippen LogP contribution in [0.5, 0.6) is 0 Å². The van der Waals surface area contributed by atoms with Gasteiger partial charge >= 0.3 is 0 Å². The number of hydrogen-bond acceptors (Lipinski definition) is 1. The van der Waals surface area contributed by atoms with E-state index in [1.807, 2.05) is 6.07 Å². The molecule has 2 rings (SSSR count). The summed E-state index contributed by atoms with van der Waals surface area (Å²) in [6.45, 7) is 1.73. The second kappa shape index (κ2) is 2.80. The van der Waals surface area contributed by atoms with Crippen molar-refractivity contribution in [3.8, 4) is 0 Å². The van der Waals surface area contributed by atoms with E-state index in [1.54, 1.807) is 24.9 Å². The van der Waals surface area contributed by atoms with Crippen molar-refractivity contribution in [3.05, 3.63) is 28.1 Å². The summed E-state index contributed by atoms with van der Waals surface area (Å²) in [5.74, 6) is -0.245. The molecule has 68 valence electrons. The van der Waals surface area contributed by atoms with E-state index in [-0.39, 0.29) is 5.82 Å². The van der Waals surface area contributed by atoms with E-state index in [4.69, 9.17) is 0 Å². The molecule has 1 aromatic heterocycles. The molecule has 0 atom stereocenters. The Bertz CT molecular complexity index is 476. The SMILES string of the molecule is Cc1c(Br)cc2cn(C)nc2c1F. The molecule has 0 saturated carbocycles. The van der Waals surface area contributed by atoms with Crippen LogP contribution in [-0.2, 0) is 7.05 Å². The summed E-state index contributed by atoms with van der Waals surface area (Å²) in [5.41, 5.74) is 1.04. The van der Waals surface area contributed by atoms with Gasteiger partial charge in [0.2, 0.25) is 0 Å². The van der Waals surface area contributed by atoms with E-state index in [0.717, 1.165) is 9.86 Å². The van der Waals surface area contributed by atoms with Gasteiger partial charge < -0.3 is 0 Å². The normalized spacial score (nSPS) is 11.1. The quantitative estimate of drug-likeness (QED) is 0.695. The van der Waals surface area contributed by atoms with Gasteiger partial charge in [-0.2, -0.15) is 5.10 Å². The highest BCUT2D eigenvalue weighted by Gasteiger charge is 2.10. The average Bonchev–Trinajstić information content (AvgIpc) is 2.42. The number of aromatic nitrogens is 2. The fraction of sp³-hybridized carbons (Fsp3) is 0.222. The molecule has 0 fully saturated rings. The second-order valence-corrected chi connectivity index (χ2v) is 3.89. The Kier molecular flexibility index (Phi) is 1.87. The molecule has 0 N–H and O–H groups in total. The minimum absolute atomic E-state index is 0.245. The first-order valence-corrected chi connectivity index (χ1v) is 4.67. The molecule has 0 amide bonds. The fourth-order valence-corrected chi connectivity index (χ4v) is 1.73. The van der Waals surface area contributed by atoms with Crippen molar-refractivity contribution < 1.29 is 4.39 Å². The first kappa shape index (κ1) is 8.69. The minimum Gasteiger partial charge on any atom is -0.274 e. The molecule has 0 bridgehead atoms. The molecule has 1 aromatic carbocycles. The van der Waals surface area contributed by atoms with Crippen LogP contribution in [0.2, 0.25) is 0 Å². The van der Waals surface area contributed by atoms with E-state index < -0.39 is 0 Å². The van der Waals surface area contributed by atoms with Crippen LogP contribution in [0, 0.1) is 12.7 Å². The van der Waals surface area contributed by atoms with Crippen LogP contribution in [0.1, 0.15) is 5.56 Å². The third kappa shape index (κ3) is 1.25. The number of fused-ring (bicyclic) bond motifs is 1. The van der Waals surface area contributed by atoms with Gasteiger partial charge in [-0.1, -0.05) is 15.9 Å². The largest absolute Gasteiger partial charge is 0.274 e. The molecule has 2 aromatic rings. The Hall–Kier alpha value is -0.900. The zero-order valence-corrected chi connectivity index (χ0v) is 8.89. The maximum atomic E-state index is 13.6. The summed E-state index contributed by atoms with van der Waals surface area (Å²) in [4.78, 5) is 0. The predicted molar refractivity (Wildman–Crippen MR) is 53.1 cm³/mol. The lowest BCUT2D eigenvalue weighted by atomic mass is 10.2. The van der Waals surface area contributed by atoms with Crippen molar-refractivity contribution in [1.29, 1.82) is 0 Å². The zero-order chi connectivity index (χ0) is 9.59. The Labute approximate surface area is 83.5 Å². The van der Waals surface area contributed by atoms with Gasteiger partial charge in [-0.05, 0) is 13.0 Å². The van der Waals surface area contributed by atoms with Crippen LogP contribution in [0.4, 0.5) is 4.39 Å². The lowest BCUT2D eigenvalue weighted by Gasteiger charge is -1.99. The summed E-state index contributed by atoms with van der Waals surface area (Å²) < 4.78 is 16.0. The molecule has 0 aliphatic rings. The molecular weight excluding hydrogens is 235 g/mol. The molecule has 0 saturated heterocycles. The lowest BCUT2D eigenvalue weighted by molar-refractivity contribution is 0.622. The highest BCUT2D eigenvalue weighted by atomic mass is 79.9. The van der Waals surface area contributed by atoms with Crippen LogP contribution in [0.25, 0.3) is 10.9 Å². The monoisotopic (exact) mass is 242 g/mol. The first-order chi connectivity index (χ1) is 6.09. The number of hydrogen-bond donors (Lipinski definition) is 0. The summed E-state index contributed by atoms with van der Waals surface area (Å²) in [6, 6.07) is 1.88. The van der Waals surface area contributed by atoms with E-state index >= 15 is 0 Å². The van der Waals surface area contributed by atoms with Gasteiger partial charge in [0.25, 0.3) is 0 Å². The Morgan fingerprint density at radius 2 is 2.23 bits per heavy atom. The van der Waals surface area contributed by atoms with Gasteiger partial charge in [0.1, 0.15) is 5.52 Å². The van der Waals surface area contributed by atoms with E-state index in [0.29, 0.717) is 11.1 Å². The molecule has 4 heteroatoms. The number of halogens is 2. The fourth-order valence-electron chi connectivity index (χ4n) is 1.31. The maximum Gasteiger partial charge on any atom is 0.155 e. The topological polar surface area (TPSA) is 17.8 Å². The summed E-state index contributed by atoms with van der Waals surface area (Å²) >= 11 is 3.30. The van der Waals surface area contributed by atoms with E-state index in [1.165, 1.54) is 0 Å². The van der Waals surface area contributed by atoms with Crippen molar-refractivity contribution >= 4 is 26.8 Å². The van der Waals surface area contributed by atoms with Gasteiger partial charge in [0.15, 0.2) is 5.82 Å². The molecule has 0 radical (unpaired) electrons. The van der Waals surface area contributed by atoms with Crippen molar-refractivity contribution in [2.45, 2.75) is 6.92 Å². The van der Waals surface area contributed by atoms with E-state index in [2.05, 4.69) is 21.0 Å². The summed E-state index contributed by atoms with van der Waals surface area (Å²) in [6.07, 6.45) is 1.79. The predicted octanol–water partition coefficient (Wildman–Crippen LogP) is 2.78. The van der Waals surface area contributed by atoms with Crippen molar-refractivity contribution in [2.75, 3.05) is 0 Å². The van der Waals surface area contributed by atoms with Gasteiger partial charge in [-0.3, -0.25) is 4.68 Å². The van der Waals surface area contributed by atoms with Gasteiger partial charge in [-0.25, -0.2) is 4.39 Å². The Balaban J connectivity index is 2.92. The average molecular weight is 243 g/mol. The van der Waals surface area contributed by atoms with Crippen LogP contribution in [0.15, 0.2) is 16.7 Å². The number of aryl methyl sites for hydroxylation is 1. The third-order valence-corrected chi connectivity index (χ3v) is 2.86. The first-order valence-electron chi connectivity index (χ1n) is 3.87. The smallest absolute Gasteiger partial charge is 0.155 e. The standard InChI is InChI=1S/C9H8BrFN2/c1-5-7(10)3-6-4-13(2)12-9(6)8(5)11/h3-4H,1-2H3. The highest BCUT2D eigenvalue weighted by molar-refractivity contribution is 9.10. The molecule has 0 aliphatic heterocycles. The third-order valence-electron chi connectivity index (χ3n) is 2.03. The van der Waals surface area contributed by atoms with Gasteiger partial charge in [0, 0.05) is 28.7 Å². The maximum absolute atomic E-state index is 13.6. The Morgan fingerprint density at radius 3 is 2.92 bits per heavy atom. The summed E-state index contributed by atoms with van der Waals surface area (Å²) in [5, 5.41) is 4.85. The number of nitrogens with zero attached hydrogens (tertiary/aromatic N) is 2. The summed E-state index contributed by atoms with van der Waals surface area (Å²) in [7, 11) is 1.78. The van der Waals surface area contributed by atoms with Crippen LogP contribution in [-0.4, -0.2) is 9.78 Å². The molecule has 0 spiro atoms. The van der Waals surface area contributed by atoms with Gasteiger partial charge in [-0.15, -0.1) is 0 Å². The van der Waals surface area contributed by atoms with Crippen molar-refractivity contribution in [3.63, 3.8) is 0 Å². The Morgan fingerprint density at radius 1 is 1.54 bits per heavy atom. The molecule has 13 heavy (non-hydrogen) atoms. The van der Waals surface area contributed by atoms with Crippen LogP contribution in [0.3, 0.4) is 0 Å². The van der Waals surface area contributed by atoms with E-state index in [9.17, 15) is 4.39 Å². The van der Waals surface area contributed by atoms with Gasteiger partial charge in [0.05, 0.1) is 0 Å². The number of benzene rings is 1.